The van der Waals surface area contributed by atoms with Crippen LogP contribution in [0.4, 0.5) is 0 Å². The van der Waals surface area contributed by atoms with Crippen molar-refractivity contribution in [2.24, 2.45) is 5.92 Å². The molecule has 1 heterocycles. The summed E-state index contributed by atoms with van der Waals surface area (Å²) >= 11 is 13.9. The van der Waals surface area contributed by atoms with E-state index in [1.807, 2.05) is 17.8 Å². The average Bonchev–Trinajstić information content (AvgIpc) is 2.76. The van der Waals surface area contributed by atoms with E-state index < -0.39 is 0 Å². The Morgan fingerprint density at radius 3 is 2.94 bits per heavy atom. The highest BCUT2D eigenvalue weighted by atomic mass is 35.5. The monoisotopic (exact) mass is 276 g/mol. The normalized spacial score (nSPS) is 22.3. The minimum atomic E-state index is -0.300. The van der Waals surface area contributed by atoms with Crippen LogP contribution in [0.5, 0.6) is 0 Å². The molecule has 1 aromatic rings. The van der Waals surface area contributed by atoms with Crippen LogP contribution < -0.4 is 0 Å². The predicted octanol–water partition coefficient (Wildman–Crippen LogP) is 3.65. The minimum Gasteiger partial charge on any atom is -0.392 e. The van der Waals surface area contributed by atoms with Crippen molar-refractivity contribution in [3.63, 3.8) is 0 Å². The molecule has 0 radical (unpaired) electrons. The Balaban J connectivity index is 2.04. The van der Waals surface area contributed by atoms with Crippen LogP contribution in [-0.4, -0.2) is 22.7 Å². The quantitative estimate of drug-likeness (QED) is 0.910. The van der Waals surface area contributed by atoms with Crippen molar-refractivity contribution in [3.05, 3.63) is 33.8 Å². The lowest BCUT2D eigenvalue weighted by Gasteiger charge is -2.17. The molecule has 1 aliphatic heterocycles. The third-order valence-electron chi connectivity index (χ3n) is 2.95. The van der Waals surface area contributed by atoms with E-state index in [4.69, 9.17) is 23.2 Å². The molecule has 1 nitrogen and oxygen atoms in total. The maximum Gasteiger partial charge on any atom is 0.0617 e. The van der Waals surface area contributed by atoms with Gasteiger partial charge in [0.05, 0.1) is 6.10 Å². The third kappa shape index (κ3) is 3.07. The minimum absolute atomic E-state index is 0.300. The number of hydrogen-bond donors (Lipinski definition) is 1. The Morgan fingerprint density at radius 2 is 2.25 bits per heavy atom. The van der Waals surface area contributed by atoms with E-state index in [9.17, 15) is 5.11 Å². The molecule has 16 heavy (non-hydrogen) atoms. The number of benzene rings is 1. The van der Waals surface area contributed by atoms with Crippen LogP contribution in [0.25, 0.3) is 0 Å². The molecule has 1 saturated heterocycles. The van der Waals surface area contributed by atoms with Gasteiger partial charge in [-0.2, -0.15) is 11.8 Å². The highest BCUT2D eigenvalue weighted by molar-refractivity contribution is 7.99. The summed E-state index contributed by atoms with van der Waals surface area (Å²) in [6.45, 7) is 0. The highest BCUT2D eigenvalue weighted by Gasteiger charge is 2.24. The van der Waals surface area contributed by atoms with Crippen molar-refractivity contribution < 1.29 is 5.11 Å². The second kappa shape index (κ2) is 5.63. The molecular formula is C12H14Cl2OS. The molecule has 1 aromatic carbocycles. The second-order valence-electron chi connectivity index (χ2n) is 4.13. The zero-order valence-corrected chi connectivity index (χ0v) is 11.2. The van der Waals surface area contributed by atoms with Crippen molar-refractivity contribution in [3.8, 4) is 0 Å². The summed E-state index contributed by atoms with van der Waals surface area (Å²) in [6.07, 6.45) is 1.40. The summed E-state index contributed by atoms with van der Waals surface area (Å²) < 4.78 is 0. The standard InChI is InChI=1S/C12H14Cl2OS/c13-10-1-2-11(14)9(5-10)6-12(15)8-3-4-16-7-8/h1-2,5,8,12,15H,3-4,6-7H2. The molecule has 2 rings (SSSR count). The number of aliphatic hydroxyl groups excluding tert-OH is 1. The Morgan fingerprint density at radius 1 is 1.44 bits per heavy atom. The predicted molar refractivity (Wildman–Crippen MR) is 71.6 cm³/mol. The summed E-state index contributed by atoms with van der Waals surface area (Å²) in [4.78, 5) is 0. The lowest BCUT2D eigenvalue weighted by atomic mass is 9.96. The van der Waals surface area contributed by atoms with Crippen LogP contribution in [0, 0.1) is 5.92 Å². The lowest BCUT2D eigenvalue weighted by Crippen LogP contribution is -2.22. The van der Waals surface area contributed by atoms with Gasteiger partial charge in [-0.25, -0.2) is 0 Å². The lowest BCUT2D eigenvalue weighted by molar-refractivity contribution is 0.120. The van der Waals surface area contributed by atoms with Crippen molar-refractivity contribution in [2.45, 2.75) is 18.9 Å². The fourth-order valence-electron chi connectivity index (χ4n) is 1.95. The zero-order valence-electron chi connectivity index (χ0n) is 8.83. The summed E-state index contributed by atoms with van der Waals surface area (Å²) in [6, 6.07) is 5.40. The number of hydrogen-bond acceptors (Lipinski definition) is 2. The van der Waals surface area contributed by atoms with E-state index in [1.54, 1.807) is 12.1 Å². The Kier molecular flexibility index (Phi) is 4.42. The smallest absolute Gasteiger partial charge is 0.0617 e. The summed E-state index contributed by atoms with van der Waals surface area (Å²) in [5, 5.41) is 11.5. The van der Waals surface area contributed by atoms with E-state index in [0.717, 1.165) is 23.5 Å². The molecular weight excluding hydrogens is 263 g/mol. The largest absolute Gasteiger partial charge is 0.392 e. The van der Waals surface area contributed by atoms with Gasteiger partial charge in [-0.3, -0.25) is 0 Å². The van der Waals surface area contributed by atoms with E-state index in [0.29, 0.717) is 22.4 Å². The number of aliphatic hydroxyl groups is 1. The third-order valence-corrected chi connectivity index (χ3v) is 4.74. The van der Waals surface area contributed by atoms with Gasteiger partial charge in [-0.1, -0.05) is 23.2 Å². The van der Waals surface area contributed by atoms with Crippen LogP contribution in [0.15, 0.2) is 18.2 Å². The first-order valence-corrected chi connectivity index (χ1v) is 7.27. The van der Waals surface area contributed by atoms with Crippen molar-refractivity contribution >= 4 is 35.0 Å². The fraction of sp³-hybridized carbons (Fsp3) is 0.500. The van der Waals surface area contributed by atoms with Crippen LogP contribution in [0.2, 0.25) is 10.0 Å². The summed E-state index contributed by atoms with van der Waals surface area (Å²) in [7, 11) is 0. The van der Waals surface area contributed by atoms with Crippen LogP contribution in [-0.2, 0) is 6.42 Å². The molecule has 0 amide bonds. The molecule has 88 valence electrons. The molecule has 0 aromatic heterocycles. The highest BCUT2D eigenvalue weighted by Crippen LogP contribution is 2.29. The van der Waals surface area contributed by atoms with Gasteiger partial charge in [0.15, 0.2) is 0 Å². The summed E-state index contributed by atoms with van der Waals surface area (Å²) in [5.41, 5.74) is 0.943. The van der Waals surface area contributed by atoms with Crippen LogP contribution in [0.3, 0.4) is 0 Å². The van der Waals surface area contributed by atoms with Crippen molar-refractivity contribution in [1.29, 1.82) is 0 Å². The molecule has 0 saturated carbocycles. The van der Waals surface area contributed by atoms with Gasteiger partial charge in [0.2, 0.25) is 0 Å². The van der Waals surface area contributed by atoms with Gasteiger partial charge >= 0.3 is 0 Å². The van der Waals surface area contributed by atoms with Crippen LogP contribution in [0.1, 0.15) is 12.0 Å². The van der Waals surface area contributed by atoms with E-state index in [-0.39, 0.29) is 6.10 Å². The number of rotatable bonds is 3. The van der Waals surface area contributed by atoms with Gasteiger partial charge in [0, 0.05) is 16.5 Å². The first-order valence-electron chi connectivity index (χ1n) is 5.36. The van der Waals surface area contributed by atoms with E-state index >= 15 is 0 Å². The molecule has 2 atom stereocenters. The molecule has 4 heteroatoms. The maximum absolute atomic E-state index is 10.1. The Bertz CT molecular complexity index is 364. The van der Waals surface area contributed by atoms with Gasteiger partial charge < -0.3 is 5.11 Å². The molecule has 1 fully saturated rings. The average molecular weight is 277 g/mol. The van der Waals surface area contributed by atoms with Gasteiger partial charge in [0.1, 0.15) is 0 Å². The van der Waals surface area contributed by atoms with Gasteiger partial charge in [-0.05, 0) is 47.6 Å². The Labute approximate surface area is 110 Å². The SMILES string of the molecule is OC(Cc1cc(Cl)ccc1Cl)C1CCSC1. The van der Waals surface area contributed by atoms with Crippen molar-refractivity contribution in [2.75, 3.05) is 11.5 Å². The first kappa shape index (κ1) is 12.6. The zero-order chi connectivity index (χ0) is 11.5. The van der Waals surface area contributed by atoms with E-state index in [2.05, 4.69) is 0 Å². The van der Waals surface area contributed by atoms with Crippen molar-refractivity contribution in [1.82, 2.24) is 0 Å². The topological polar surface area (TPSA) is 20.2 Å². The second-order valence-corrected chi connectivity index (χ2v) is 6.12. The fourth-order valence-corrected chi connectivity index (χ4v) is 3.66. The first-order chi connectivity index (χ1) is 7.66. The van der Waals surface area contributed by atoms with Gasteiger partial charge in [0.25, 0.3) is 0 Å². The number of halogens is 2. The maximum atomic E-state index is 10.1. The molecule has 0 spiro atoms. The molecule has 2 unspecified atom stereocenters. The number of thioether (sulfide) groups is 1. The van der Waals surface area contributed by atoms with Crippen LogP contribution >= 0.6 is 35.0 Å². The summed E-state index contributed by atoms with van der Waals surface area (Å²) in [5.74, 6) is 2.62. The van der Waals surface area contributed by atoms with Gasteiger partial charge in [-0.15, -0.1) is 0 Å². The molecule has 1 N–H and O–H groups in total. The molecule has 0 aliphatic carbocycles. The van der Waals surface area contributed by atoms with E-state index in [1.165, 1.54) is 0 Å². The Hall–Kier alpha value is 0.110. The molecule has 0 bridgehead atoms. The molecule has 1 aliphatic rings.